The van der Waals surface area contributed by atoms with E-state index in [4.69, 9.17) is 4.74 Å². The highest BCUT2D eigenvalue weighted by molar-refractivity contribution is 5.78. The Morgan fingerprint density at radius 2 is 1.85 bits per heavy atom. The van der Waals surface area contributed by atoms with Gasteiger partial charge in [-0.15, -0.1) is 0 Å². The summed E-state index contributed by atoms with van der Waals surface area (Å²) in [4.78, 5) is 16.3. The number of carbonyl (C=O) groups is 1. The van der Waals surface area contributed by atoms with Gasteiger partial charge in [0.15, 0.2) is 6.61 Å². The van der Waals surface area contributed by atoms with Crippen molar-refractivity contribution >= 4 is 5.91 Å². The van der Waals surface area contributed by atoms with Crippen molar-refractivity contribution in [2.24, 2.45) is 0 Å². The maximum Gasteiger partial charge on any atom is 0.258 e. The van der Waals surface area contributed by atoms with Crippen molar-refractivity contribution in [2.45, 2.75) is 32.7 Å². The van der Waals surface area contributed by atoms with Crippen LogP contribution >= 0.6 is 0 Å². The maximum absolute atomic E-state index is 12.3. The summed E-state index contributed by atoms with van der Waals surface area (Å²) in [6.45, 7) is 6.18. The molecule has 0 saturated heterocycles. The Balaban J connectivity index is 1.56. The van der Waals surface area contributed by atoms with Gasteiger partial charge in [-0.25, -0.2) is 4.98 Å². The quantitative estimate of drug-likeness (QED) is 0.683. The van der Waals surface area contributed by atoms with Gasteiger partial charge in [-0.05, 0) is 42.2 Å². The summed E-state index contributed by atoms with van der Waals surface area (Å²) in [5.74, 6) is 0.969. The Bertz CT molecular complexity index is 871. The second-order valence-electron chi connectivity index (χ2n) is 6.83. The van der Waals surface area contributed by atoms with Gasteiger partial charge in [0.25, 0.3) is 5.91 Å². The van der Waals surface area contributed by atoms with Crippen LogP contribution in [0.5, 0.6) is 5.75 Å². The van der Waals surface area contributed by atoms with E-state index < -0.39 is 0 Å². The van der Waals surface area contributed by atoms with E-state index in [2.05, 4.69) is 24.1 Å². The summed E-state index contributed by atoms with van der Waals surface area (Å²) in [5.41, 5.74) is 3.17. The zero-order valence-electron chi connectivity index (χ0n) is 15.9. The van der Waals surface area contributed by atoms with Crippen molar-refractivity contribution in [3.05, 3.63) is 78.4 Å². The topological polar surface area (TPSA) is 56.1 Å². The Morgan fingerprint density at radius 3 is 2.52 bits per heavy atom. The molecule has 1 unspecified atom stereocenters. The molecule has 27 heavy (non-hydrogen) atoms. The van der Waals surface area contributed by atoms with Crippen molar-refractivity contribution in [3.63, 3.8) is 0 Å². The zero-order valence-corrected chi connectivity index (χ0v) is 15.9. The van der Waals surface area contributed by atoms with Gasteiger partial charge in [0.05, 0.1) is 12.4 Å². The predicted molar refractivity (Wildman–Crippen MR) is 106 cm³/mol. The highest BCUT2D eigenvalue weighted by atomic mass is 16.5. The zero-order chi connectivity index (χ0) is 19.2. The average molecular weight is 363 g/mol. The molecule has 1 aromatic heterocycles. The lowest BCUT2D eigenvalue weighted by Gasteiger charge is -2.17. The molecule has 5 nitrogen and oxygen atoms in total. The first-order chi connectivity index (χ1) is 13.0. The molecule has 5 heteroatoms. The minimum absolute atomic E-state index is 0.00118. The Labute approximate surface area is 160 Å². The molecule has 1 atom stereocenters. The number of carbonyl (C=O) groups excluding carboxylic acids is 1. The molecule has 0 spiro atoms. The summed E-state index contributed by atoms with van der Waals surface area (Å²) in [6.07, 6.45) is 5.40. The van der Waals surface area contributed by atoms with Gasteiger partial charge in [-0.3, -0.25) is 4.79 Å². The average Bonchev–Trinajstić information content (AvgIpc) is 3.21. The molecule has 0 bridgehead atoms. The van der Waals surface area contributed by atoms with Crippen molar-refractivity contribution in [2.75, 3.05) is 6.61 Å². The largest absolute Gasteiger partial charge is 0.483 e. The van der Waals surface area contributed by atoms with E-state index in [0.717, 1.165) is 22.6 Å². The van der Waals surface area contributed by atoms with Crippen LogP contribution in [0.3, 0.4) is 0 Å². The molecular formula is C22H25N3O2. The number of aromatic nitrogens is 2. The van der Waals surface area contributed by atoms with Crippen LogP contribution in [-0.4, -0.2) is 22.1 Å². The summed E-state index contributed by atoms with van der Waals surface area (Å²) in [5, 5.41) is 2.99. The van der Waals surface area contributed by atoms with Crippen LogP contribution in [0.1, 0.15) is 43.9 Å². The number of amides is 1. The fourth-order valence-electron chi connectivity index (χ4n) is 2.95. The standard InChI is InChI=1S/C22H25N3O2/c1-16(2)20-6-4-5-7-21(20)27-14-22(26)24-17(3)18-8-10-19(11-9-18)25-13-12-23-15-25/h4-13,15-17H,14H2,1-3H3,(H,24,26). The molecule has 1 N–H and O–H groups in total. The Hall–Kier alpha value is -3.08. The van der Waals surface area contributed by atoms with Crippen molar-refractivity contribution in [3.8, 4) is 11.4 Å². The predicted octanol–water partition coefficient (Wildman–Crippen LogP) is 4.25. The third kappa shape index (κ3) is 4.76. The van der Waals surface area contributed by atoms with Crippen LogP contribution in [-0.2, 0) is 4.79 Å². The highest BCUT2D eigenvalue weighted by Gasteiger charge is 2.12. The maximum atomic E-state index is 12.3. The molecular weight excluding hydrogens is 338 g/mol. The molecule has 0 aliphatic rings. The van der Waals surface area contributed by atoms with Crippen LogP contribution in [0.25, 0.3) is 5.69 Å². The van der Waals surface area contributed by atoms with E-state index in [-0.39, 0.29) is 18.6 Å². The molecule has 3 aromatic rings. The van der Waals surface area contributed by atoms with E-state index in [0.29, 0.717) is 5.92 Å². The van der Waals surface area contributed by atoms with E-state index in [1.807, 2.05) is 66.2 Å². The molecule has 1 amide bonds. The third-order valence-corrected chi connectivity index (χ3v) is 4.47. The lowest BCUT2D eigenvalue weighted by atomic mass is 10.0. The molecule has 140 valence electrons. The molecule has 2 aromatic carbocycles. The number of ether oxygens (including phenoxy) is 1. The number of hydrogen-bond donors (Lipinski definition) is 1. The molecule has 0 saturated carbocycles. The molecule has 1 heterocycles. The number of benzene rings is 2. The van der Waals surface area contributed by atoms with Gasteiger partial charge in [-0.2, -0.15) is 0 Å². The molecule has 3 rings (SSSR count). The van der Waals surface area contributed by atoms with Crippen molar-refractivity contribution in [1.29, 1.82) is 0 Å². The molecule has 0 aliphatic carbocycles. The fourth-order valence-corrected chi connectivity index (χ4v) is 2.95. The van der Waals surface area contributed by atoms with Gasteiger partial charge in [0.1, 0.15) is 5.75 Å². The third-order valence-electron chi connectivity index (χ3n) is 4.47. The first-order valence-corrected chi connectivity index (χ1v) is 9.14. The van der Waals surface area contributed by atoms with Gasteiger partial charge in [0, 0.05) is 18.1 Å². The fraction of sp³-hybridized carbons (Fsp3) is 0.273. The summed E-state index contributed by atoms with van der Waals surface area (Å²) < 4.78 is 7.68. The Morgan fingerprint density at radius 1 is 1.11 bits per heavy atom. The normalized spacial score (nSPS) is 12.0. The van der Waals surface area contributed by atoms with Gasteiger partial charge in [-0.1, -0.05) is 44.2 Å². The molecule has 0 radical (unpaired) electrons. The van der Waals surface area contributed by atoms with Crippen LogP contribution in [0.2, 0.25) is 0 Å². The van der Waals surface area contributed by atoms with E-state index in [1.54, 1.807) is 12.5 Å². The van der Waals surface area contributed by atoms with Crippen LogP contribution in [0.15, 0.2) is 67.3 Å². The first kappa shape index (κ1) is 18.7. The lowest BCUT2D eigenvalue weighted by molar-refractivity contribution is -0.123. The summed E-state index contributed by atoms with van der Waals surface area (Å²) in [6, 6.07) is 15.8. The van der Waals surface area contributed by atoms with Gasteiger partial charge >= 0.3 is 0 Å². The number of nitrogens with zero attached hydrogens (tertiary/aromatic N) is 2. The molecule has 0 fully saturated rings. The van der Waals surface area contributed by atoms with Gasteiger partial charge < -0.3 is 14.6 Å². The summed E-state index contributed by atoms with van der Waals surface area (Å²) in [7, 11) is 0. The minimum atomic E-state index is -0.139. The molecule has 0 aliphatic heterocycles. The van der Waals surface area contributed by atoms with E-state index >= 15 is 0 Å². The monoisotopic (exact) mass is 363 g/mol. The number of hydrogen-bond acceptors (Lipinski definition) is 3. The number of imidazole rings is 1. The van der Waals surface area contributed by atoms with Crippen molar-refractivity contribution < 1.29 is 9.53 Å². The van der Waals surface area contributed by atoms with Gasteiger partial charge in [0.2, 0.25) is 0 Å². The lowest BCUT2D eigenvalue weighted by Crippen LogP contribution is -2.31. The highest BCUT2D eigenvalue weighted by Crippen LogP contribution is 2.25. The second-order valence-corrected chi connectivity index (χ2v) is 6.83. The van der Waals surface area contributed by atoms with Crippen LogP contribution in [0, 0.1) is 0 Å². The minimum Gasteiger partial charge on any atom is -0.483 e. The number of nitrogens with one attached hydrogen (secondary N) is 1. The van der Waals surface area contributed by atoms with Crippen LogP contribution < -0.4 is 10.1 Å². The SMILES string of the molecule is CC(C)c1ccccc1OCC(=O)NC(C)c1ccc(-n2ccnc2)cc1. The Kier molecular flexibility index (Phi) is 5.91. The first-order valence-electron chi connectivity index (χ1n) is 9.14. The second kappa shape index (κ2) is 8.54. The smallest absolute Gasteiger partial charge is 0.258 e. The van der Waals surface area contributed by atoms with E-state index in [1.165, 1.54) is 0 Å². The number of para-hydroxylation sites is 1. The number of rotatable bonds is 7. The van der Waals surface area contributed by atoms with Crippen molar-refractivity contribution in [1.82, 2.24) is 14.9 Å². The summed E-state index contributed by atoms with van der Waals surface area (Å²) >= 11 is 0. The van der Waals surface area contributed by atoms with Crippen LogP contribution in [0.4, 0.5) is 0 Å². The van der Waals surface area contributed by atoms with E-state index in [9.17, 15) is 4.79 Å².